The van der Waals surface area contributed by atoms with E-state index >= 15 is 0 Å². The summed E-state index contributed by atoms with van der Waals surface area (Å²) in [6.07, 6.45) is 6.02. The van der Waals surface area contributed by atoms with Crippen molar-refractivity contribution in [2.75, 3.05) is 13.1 Å². The first-order valence-electron chi connectivity index (χ1n) is 4.90. The van der Waals surface area contributed by atoms with E-state index in [2.05, 4.69) is 5.43 Å². The van der Waals surface area contributed by atoms with Crippen molar-refractivity contribution in [1.29, 1.82) is 0 Å². The molecule has 0 spiro atoms. The third-order valence-corrected chi connectivity index (χ3v) is 2.86. The number of rotatable bonds is 2. The molecular weight excluding hydrogens is 152 g/mol. The van der Waals surface area contributed by atoms with Crippen molar-refractivity contribution in [3.05, 3.63) is 0 Å². The van der Waals surface area contributed by atoms with Crippen molar-refractivity contribution in [2.24, 2.45) is 5.92 Å². The molecule has 0 radical (unpaired) electrons. The van der Waals surface area contributed by atoms with Crippen LogP contribution >= 0.6 is 0 Å². The molecule has 1 saturated heterocycles. The van der Waals surface area contributed by atoms with Crippen LogP contribution < -0.4 is 5.43 Å². The van der Waals surface area contributed by atoms with Gasteiger partial charge in [-0.15, -0.1) is 0 Å². The van der Waals surface area contributed by atoms with Gasteiger partial charge in [0, 0.05) is 19.5 Å². The van der Waals surface area contributed by atoms with E-state index in [0.717, 1.165) is 19.0 Å². The summed E-state index contributed by atoms with van der Waals surface area (Å²) in [4.78, 5) is 11.2. The summed E-state index contributed by atoms with van der Waals surface area (Å²) in [5.41, 5.74) is 3.12. The second kappa shape index (κ2) is 3.44. The smallest absolute Gasteiger partial charge is 0.238 e. The van der Waals surface area contributed by atoms with Crippen LogP contribution in [0.5, 0.6) is 0 Å². The van der Waals surface area contributed by atoms with Crippen LogP contribution in [-0.4, -0.2) is 24.0 Å². The SMILES string of the molecule is O=C1CCNN1CC1CCCC1. The normalized spacial score (nSPS) is 25.7. The van der Waals surface area contributed by atoms with Gasteiger partial charge in [-0.2, -0.15) is 0 Å². The van der Waals surface area contributed by atoms with Gasteiger partial charge in [-0.3, -0.25) is 9.80 Å². The zero-order valence-corrected chi connectivity index (χ0v) is 7.38. The first-order valence-corrected chi connectivity index (χ1v) is 4.90. The minimum atomic E-state index is 0.280. The lowest BCUT2D eigenvalue weighted by atomic mass is 10.1. The average molecular weight is 168 g/mol. The molecule has 68 valence electrons. The minimum Gasteiger partial charge on any atom is -0.278 e. The van der Waals surface area contributed by atoms with Gasteiger partial charge in [-0.25, -0.2) is 5.43 Å². The summed E-state index contributed by atoms with van der Waals surface area (Å²) in [6, 6.07) is 0. The highest BCUT2D eigenvalue weighted by atomic mass is 16.2. The number of hydrogen-bond acceptors (Lipinski definition) is 2. The highest BCUT2D eigenvalue weighted by molar-refractivity contribution is 5.77. The van der Waals surface area contributed by atoms with Crippen LogP contribution in [0.3, 0.4) is 0 Å². The quantitative estimate of drug-likeness (QED) is 0.664. The molecule has 1 amide bonds. The molecule has 2 fully saturated rings. The van der Waals surface area contributed by atoms with Crippen molar-refractivity contribution in [2.45, 2.75) is 32.1 Å². The minimum absolute atomic E-state index is 0.280. The van der Waals surface area contributed by atoms with E-state index in [1.807, 2.05) is 5.01 Å². The van der Waals surface area contributed by atoms with Gasteiger partial charge >= 0.3 is 0 Å². The average Bonchev–Trinajstić information content (AvgIpc) is 2.65. The summed E-state index contributed by atoms with van der Waals surface area (Å²) >= 11 is 0. The number of carbonyl (C=O) groups is 1. The topological polar surface area (TPSA) is 32.3 Å². The monoisotopic (exact) mass is 168 g/mol. The molecule has 0 unspecified atom stereocenters. The van der Waals surface area contributed by atoms with Gasteiger partial charge in [0.05, 0.1) is 0 Å². The fourth-order valence-electron chi connectivity index (χ4n) is 2.14. The molecule has 0 atom stereocenters. The van der Waals surface area contributed by atoms with Crippen molar-refractivity contribution < 1.29 is 4.79 Å². The van der Waals surface area contributed by atoms with Crippen molar-refractivity contribution in [1.82, 2.24) is 10.4 Å². The first kappa shape index (κ1) is 8.05. The Morgan fingerprint density at radius 2 is 2.17 bits per heavy atom. The summed E-state index contributed by atoms with van der Waals surface area (Å²) < 4.78 is 0. The maximum Gasteiger partial charge on any atom is 0.238 e. The van der Waals surface area contributed by atoms with Gasteiger partial charge in [0.1, 0.15) is 0 Å². The van der Waals surface area contributed by atoms with Crippen LogP contribution in [-0.2, 0) is 4.79 Å². The fraction of sp³-hybridized carbons (Fsp3) is 0.889. The van der Waals surface area contributed by atoms with Crippen LogP contribution in [0.2, 0.25) is 0 Å². The predicted molar refractivity (Wildman–Crippen MR) is 46.3 cm³/mol. The molecule has 1 N–H and O–H groups in total. The van der Waals surface area contributed by atoms with Crippen molar-refractivity contribution in [3.8, 4) is 0 Å². The molecule has 2 aliphatic rings. The number of hydrogen-bond donors (Lipinski definition) is 1. The fourth-order valence-corrected chi connectivity index (χ4v) is 2.14. The highest BCUT2D eigenvalue weighted by Crippen LogP contribution is 2.25. The van der Waals surface area contributed by atoms with Crippen LogP contribution in [0.1, 0.15) is 32.1 Å². The molecule has 12 heavy (non-hydrogen) atoms. The molecule has 3 nitrogen and oxygen atoms in total. The van der Waals surface area contributed by atoms with Crippen LogP contribution in [0.4, 0.5) is 0 Å². The number of carbonyl (C=O) groups excluding carboxylic acids is 1. The Morgan fingerprint density at radius 1 is 1.42 bits per heavy atom. The maximum atomic E-state index is 11.2. The molecular formula is C9H16N2O. The van der Waals surface area contributed by atoms with E-state index in [1.165, 1.54) is 25.7 Å². The summed E-state index contributed by atoms with van der Waals surface area (Å²) in [7, 11) is 0. The second-order valence-corrected chi connectivity index (χ2v) is 3.81. The Bertz CT molecular complexity index is 175. The van der Waals surface area contributed by atoms with Crippen LogP contribution in [0, 0.1) is 5.92 Å². The molecule has 1 heterocycles. The van der Waals surface area contributed by atoms with Crippen LogP contribution in [0.15, 0.2) is 0 Å². The first-order chi connectivity index (χ1) is 5.86. The van der Waals surface area contributed by atoms with Gasteiger partial charge in [0.25, 0.3) is 0 Å². The third-order valence-electron chi connectivity index (χ3n) is 2.86. The molecule has 1 aliphatic carbocycles. The Morgan fingerprint density at radius 3 is 2.75 bits per heavy atom. The Hall–Kier alpha value is -0.570. The Labute approximate surface area is 73.1 Å². The molecule has 0 aromatic rings. The summed E-state index contributed by atoms with van der Waals surface area (Å²) in [5, 5.41) is 1.82. The lowest BCUT2D eigenvalue weighted by Gasteiger charge is -2.19. The van der Waals surface area contributed by atoms with Gasteiger partial charge < -0.3 is 0 Å². The van der Waals surface area contributed by atoms with Gasteiger partial charge in [0.15, 0.2) is 0 Å². The molecule has 1 aliphatic heterocycles. The standard InChI is InChI=1S/C9H16N2O/c12-9-5-6-10-11(9)7-8-3-1-2-4-8/h8,10H,1-7H2. The van der Waals surface area contributed by atoms with E-state index in [1.54, 1.807) is 0 Å². The Kier molecular flexibility index (Phi) is 2.30. The number of hydrazine groups is 1. The number of amides is 1. The van der Waals surface area contributed by atoms with Gasteiger partial charge in [0.2, 0.25) is 5.91 Å². The molecule has 0 aromatic carbocycles. The number of nitrogens with one attached hydrogen (secondary N) is 1. The van der Waals surface area contributed by atoms with Crippen molar-refractivity contribution in [3.63, 3.8) is 0 Å². The van der Waals surface area contributed by atoms with E-state index in [-0.39, 0.29) is 5.91 Å². The Balaban J connectivity index is 1.81. The highest BCUT2D eigenvalue weighted by Gasteiger charge is 2.24. The molecule has 1 saturated carbocycles. The predicted octanol–water partition coefficient (Wildman–Crippen LogP) is 0.913. The summed E-state index contributed by atoms with van der Waals surface area (Å²) in [6.45, 7) is 1.78. The second-order valence-electron chi connectivity index (χ2n) is 3.81. The maximum absolute atomic E-state index is 11.2. The van der Waals surface area contributed by atoms with Crippen molar-refractivity contribution >= 4 is 5.91 Å². The van der Waals surface area contributed by atoms with E-state index < -0.39 is 0 Å². The lowest BCUT2D eigenvalue weighted by molar-refractivity contribution is -0.130. The van der Waals surface area contributed by atoms with E-state index in [0.29, 0.717) is 6.42 Å². The lowest BCUT2D eigenvalue weighted by Crippen LogP contribution is -2.37. The molecule has 2 rings (SSSR count). The molecule has 0 aromatic heterocycles. The largest absolute Gasteiger partial charge is 0.278 e. The zero-order valence-electron chi connectivity index (χ0n) is 7.38. The summed E-state index contributed by atoms with van der Waals surface area (Å²) in [5.74, 6) is 1.04. The van der Waals surface area contributed by atoms with E-state index in [9.17, 15) is 4.79 Å². The molecule has 3 heteroatoms. The van der Waals surface area contributed by atoms with Gasteiger partial charge in [-0.05, 0) is 18.8 Å². The third kappa shape index (κ3) is 1.61. The number of nitrogens with zero attached hydrogens (tertiary/aromatic N) is 1. The van der Waals surface area contributed by atoms with Gasteiger partial charge in [-0.1, -0.05) is 12.8 Å². The van der Waals surface area contributed by atoms with E-state index in [4.69, 9.17) is 0 Å². The van der Waals surface area contributed by atoms with Crippen LogP contribution in [0.25, 0.3) is 0 Å². The zero-order chi connectivity index (χ0) is 8.39. The molecule has 0 bridgehead atoms.